The Morgan fingerprint density at radius 3 is 2.76 bits per heavy atom. The van der Waals surface area contributed by atoms with Crippen molar-refractivity contribution in [2.45, 2.75) is 39.0 Å². The van der Waals surface area contributed by atoms with Gasteiger partial charge in [-0.15, -0.1) is 0 Å². The number of ether oxygens (including phenoxy) is 3. The Labute approximate surface area is 221 Å². The smallest absolute Gasteiger partial charge is 0.255 e. The lowest BCUT2D eigenvalue weighted by Crippen LogP contribution is -2.35. The summed E-state index contributed by atoms with van der Waals surface area (Å²) < 4.78 is 32.1. The van der Waals surface area contributed by atoms with Crippen molar-refractivity contribution in [3.05, 3.63) is 64.9 Å². The van der Waals surface area contributed by atoms with E-state index in [9.17, 15) is 9.18 Å². The average molecular weight is 521 g/mol. The SMILES string of the molecule is COc1c(F)cccc1Nc1c2[nH]c3c1C(=O)NCC3CCOCC/C(C)=C(\C)CCOc1cnccc1-2. The Morgan fingerprint density at radius 1 is 1.13 bits per heavy atom. The monoisotopic (exact) mass is 520 g/mol. The number of H-pyrrole nitrogens is 1. The lowest BCUT2D eigenvalue weighted by Gasteiger charge is -2.24. The van der Waals surface area contributed by atoms with Crippen LogP contribution in [0.1, 0.15) is 55.1 Å². The van der Waals surface area contributed by atoms with Gasteiger partial charge in [0.2, 0.25) is 0 Å². The van der Waals surface area contributed by atoms with E-state index < -0.39 is 5.82 Å². The molecule has 1 amide bonds. The number of pyridine rings is 1. The fourth-order valence-electron chi connectivity index (χ4n) is 4.99. The van der Waals surface area contributed by atoms with Crippen LogP contribution in [0, 0.1) is 5.82 Å². The number of benzene rings is 1. The van der Waals surface area contributed by atoms with Gasteiger partial charge in [0.25, 0.3) is 5.91 Å². The van der Waals surface area contributed by atoms with E-state index in [0.717, 1.165) is 30.5 Å². The van der Waals surface area contributed by atoms with E-state index in [1.807, 2.05) is 6.07 Å². The van der Waals surface area contributed by atoms with Crippen LogP contribution in [-0.4, -0.2) is 49.4 Å². The van der Waals surface area contributed by atoms with E-state index in [4.69, 9.17) is 14.2 Å². The van der Waals surface area contributed by atoms with Gasteiger partial charge in [-0.2, -0.15) is 0 Å². The van der Waals surface area contributed by atoms with Crippen LogP contribution in [0.4, 0.5) is 15.8 Å². The molecule has 2 aliphatic heterocycles. The third-order valence-electron chi connectivity index (χ3n) is 7.35. The van der Waals surface area contributed by atoms with Gasteiger partial charge < -0.3 is 29.8 Å². The molecule has 4 heterocycles. The van der Waals surface area contributed by atoms with Crippen molar-refractivity contribution in [1.82, 2.24) is 15.3 Å². The first-order valence-electron chi connectivity index (χ1n) is 12.9. The number of amides is 1. The van der Waals surface area contributed by atoms with Gasteiger partial charge in [0.05, 0.1) is 49.2 Å². The fraction of sp³-hybridized carbons (Fsp3) is 0.379. The van der Waals surface area contributed by atoms with Crippen LogP contribution in [0.25, 0.3) is 11.3 Å². The van der Waals surface area contributed by atoms with Crippen LogP contribution in [0.15, 0.2) is 47.8 Å². The molecule has 0 fully saturated rings. The number of hydrogen-bond acceptors (Lipinski definition) is 6. The maximum atomic E-state index is 14.6. The number of rotatable bonds is 3. The van der Waals surface area contributed by atoms with Gasteiger partial charge in [-0.3, -0.25) is 9.78 Å². The van der Waals surface area contributed by atoms with Gasteiger partial charge in [-0.1, -0.05) is 17.2 Å². The number of hydrogen-bond donors (Lipinski definition) is 3. The Hall–Kier alpha value is -3.85. The number of fused-ring (bicyclic) bond motifs is 3. The summed E-state index contributed by atoms with van der Waals surface area (Å²) in [7, 11) is 1.42. The summed E-state index contributed by atoms with van der Waals surface area (Å²) in [5, 5.41) is 6.33. The molecule has 0 spiro atoms. The minimum absolute atomic E-state index is 0.0175. The molecule has 2 aliphatic rings. The Balaban J connectivity index is 1.65. The lowest BCUT2D eigenvalue weighted by molar-refractivity contribution is 0.0928. The third kappa shape index (κ3) is 5.11. The highest BCUT2D eigenvalue weighted by molar-refractivity contribution is 6.07. The van der Waals surface area contributed by atoms with Crippen molar-refractivity contribution >= 4 is 17.3 Å². The highest BCUT2D eigenvalue weighted by Crippen LogP contribution is 2.44. The number of halogens is 1. The van der Waals surface area contributed by atoms with Crippen LogP contribution >= 0.6 is 0 Å². The molecule has 0 aliphatic carbocycles. The molecule has 0 radical (unpaired) electrons. The van der Waals surface area contributed by atoms with Gasteiger partial charge in [-0.25, -0.2) is 4.39 Å². The largest absolute Gasteiger partial charge is 0.492 e. The Kier molecular flexibility index (Phi) is 7.64. The molecule has 2 bridgehead atoms. The van der Waals surface area contributed by atoms with Crippen LogP contribution in [0.5, 0.6) is 11.5 Å². The molecule has 38 heavy (non-hydrogen) atoms. The van der Waals surface area contributed by atoms with Gasteiger partial charge in [0.1, 0.15) is 5.75 Å². The number of methoxy groups -OCH3 is 1. The molecule has 1 aromatic carbocycles. The van der Waals surface area contributed by atoms with Gasteiger partial charge >= 0.3 is 0 Å². The molecule has 8 nitrogen and oxygen atoms in total. The second-order valence-electron chi connectivity index (χ2n) is 9.70. The zero-order valence-corrected chi connectivity index (χ0v) is 21.9. The van der Waals surface area contributed by atoms with Crippen LogP contribution in [0.3, 0.4) is 0 Å². The number of anilines is 2. The number of para-hydroxylation sites is 1. The average Bonchev–Trinajstić information content (AvgIpc) is 3.29. The van der Waals surface area contributed by atoms with E-state index in [0.29, 0.717) is 54.7 Å². The predicted molar refractivity (Wildman–Crippen MR) is 144 cm³/mol. The number of carbonyl (C=O) groups is 1. The first-order valence-corrected chi connectivity index (χ1v) is 12.9. The molecule has 3 N–H and O–H groups in total. The zero-order valence-electron chi connectivity index (χ0n) is 21.9. The summed E-state index contributed by atoms with van der Waals surface area (Å²) in [5.41, 5.74) is 6.24. The summed E-state index contributed by atoms with van der Waals surface area (Å²) in [6.45, 7) is 6.45. The maximum Gasteiger partial charge on any atom is 0.255 e. The van der Waals surface area contributed by atoms with Gasteiger partial charge in [0, 0.05) is 42.9 Å². The summed E-state index contributed by atoms with van der Waals surface area (Å²) in [6, 6.07) is 6.50. The van der Waals surface area contributed by atoms with Crippen LogP contribution in [0.2, 0.25) is 0 Å². The van der Waals surface area contributed by atoms with E-state index in [1.54, 1.807) is 24.5 Å². The van der Waals surface area contributed by atoms with Crippen molar-refractivity contribution in [3.8, 4) is 22.8 Å². The van der Waals surface area contributed by atoms with Crippen LogP contribution < -0.4 is 20.1 Å². The summed E-state index contributed by atoms with van der Waals surface area (Å²) >= 11 is 0. The second kappa shape index (κ2) is 11.3. The molecule has 3 aromatic rings. The summed E-state index contributed by atoms with van der Waals surface area (Å²) in [4.78, 5) is 21.1. The zero-order chi connectivity index (χ0) is 26.6. The molecule has 200 valence electrons. The quantitative estimate of drug-likeness (QED) is 0.383. The molecule has 1 atom stereocenters. The standard InChI is InChI=1S/C29H33FN4O4/c1-17-8-12-37-13-10-19-15-32-29(35)24-25(19)34-26(20-7-11-31-16-23(20)38-14-9-18(17)2)27(24)33-22-6-4-5-21(30)28(22)36-3/h4-7,11,16,19,33-34H,8-10,12-15H2,1-3H3,(H,32,35)/b18-17+. The molecule has 1 unspecified atom stereocenters. The molecule has 0 saturated carbocycles. The van der Waals surface area contributed by atoms with Crippen molar-refractivity contribution in [1.29, 1.82) is 0 Å². The van der Waals surface area contributed by atoms with Crippen molar-refractivity contribution in [3.63, 3.8) is 0 Å². The maximum absolute atomic E-state index is 14.6. The third-order valence-corrected chi connectivity index (χ3v) is 7.35. The van der Waals surface area contributed by atoms with E-state index in [2.05, 4.69) is 34.4 Å². The highest BCUT2D eigenvalue weighted by atomic mass is 19.1. The predicted octanol–water partition coefficient (Wildman–Crippen LogP) is 5.71. The number of aromatic amines is 1. The number of nitrogens with one attached hydrogen (secondary N) is 3. The molecule has 9 heteroatoms. The van der Waals surface area contributed by atoms with Gasteiger partial charge in [0.15, 0.2) is 11.6 Å². The summed E-state index contributed by atoms with van der Waals surface area (Å²) in [5.74, 6) is -0.0265. The van der Waals surface area contributed by atoms with Crippen LogP contribution in [-0.2, 0) is 4.74 Å². The topological polar surface area (TPSA) is 97.5 Å². The molecular weight excluding hydrogens is 487 g/mol. The Morgan fingerprint density at radius 2 is 1.95 bits per heavy atom. The number of aromatic nitrogens is 2. The second-order valence-corrected chi connectivity index (χ2v) is 9.70. The number of nitrogens with zero attached hydrogens (tertiary/aromatic N) is 1. The molecule has 5 rings (SSSR count). The first-order chi connectivity index (χ1) is 18.5. The van der Waals surface area contributed by atoms with Crippen molar-refractivity contribution < 1.29 is 23.4 Å². The number of carbonyl (C=O) groups excluding carboxylic acids is 1. The van der Waals surface area contributed by atoms with Crippen molar-refractivity contribution in [2.24, 2.45) is 0 Å². The first kappa shape index (κ1) is 25.8. The molecule has 0 saturated heterocycles. The van der Waals surface area contributed by atoms with Gasteiger partial charge in [-0.05, 0) is 44.9 Å². The molecular formula is C29H33FN4O4. The van der Waals surface area contributed by atoms with E-state index >= 15 is 0 Å². The van der Waals surface area contributed by atoms with Crippen molar-refractivity contribution in [2.75, 3.05) is 38.8 Å². The van der Waals surface area contributed by atoms with E-state index in [-0.39, 0.29) is 17.6 Å². The minimum atomic E-state index is -0.500. The lowest BCUT2D eigenvalue weighted by atomic mass is 9.93. The normalized spacial score (nSPS) is 20.2. The highest BCUT2D eigenvalue weighted by Gasteiger charge is 2.33. The molecule has 2 aromatic heterocycles. The van der Waals surface area contributed by atoms with E-state index in [1.165, 1.54) is 24.3 Å². The minimum Gasteiger partial charge on any atom is -0.492 e. The Bertz CT molecular complexity index is 1370. The summed E-state index contributed by atoms with van der Waals surface area (Å²) in [6.07, 6.45) is 5.75. The fourth-order valence-corrected chi connectivity index (χ4v) is 4.99.